The lowest BCUT2D eigenvalue weighted by Gasteiger charge is -2.15. The van der Waals surface area contributed by atoms with Crippen molar-refractivity contribution >= 4 is 27.7 Å². The van der Waals surface area contributed by atoms with Crippen molar-refractivity contribution < 1.29 is 4.79 Å². The van der Waals surface area contributed by atoms with Crippen LogP contribution in [0.25, 0.3) is 0 Å². The van der Waals surface area contributed by atoms with Gasteiger partial charge in [0.15, 0.2) is 0 Å². The van der Waals surface area contributed by atoms with E-state index in [-0.39, 0.29) is 11.9 Å². The van der Waals surface area contributed by atoms with Crippen molar-refractivity contribution in [2.24, 2.45) is 5.92 Å². The predicted octanol–water partition coefficient (Wildman–Crippen LogP) is 2.42. The Morgan fingerprint density at radius 1 is 1.41 bits per heavy atom. The summed E-state index contributed by atoms with van der Waals surface area (Å²) in [6.07, 6.45) is 1.70. The molecular formula is C12H18BrN3O. The highest BCUT2D eigenvalue weighted by Gasteiger charge is 2.12. The predicted molar refractivity (Wildman–Crippen MR) is 72.9 cm³/mol. The van der Waals surface area contributed by atoms with Gasteiger partial charge in [-0.05, 0) is 40.9 Å². The molecule has 17 heavy (non-hydrogen) atoms. The summed E-state index contributed by atoms with van der Waals surface area (Å²) in [7, 11) is 0. The highest BCUT2D eigenvalue weighted by atomic mass is 79.9. The van der Waals surface area contributed by atoms with Gasteiger partial charge in [0.1, 0.15) is 11.9 Å². The van der Waals surface area contributed by atoms with Crippen molar-refractivity contribution in [2.75, 3.05) is 11.9 Å². The van der Waals surface area contributed by atoms with E-state index in [1.807, 2.05) is 19.1 Å². The van der Waals surface area contributed by atoms with Crippen molar-refractivity contribution in [2.45, 2.75) is 26.8 Å². The van der Waals surface area contributed by atoms with Crippen molar-refractivity contribution in [3.63, 3.8) is 0 Å². The van der Waals surface area contributed by atoms with Gasteiger partial charge >= 0.3 is 0 Å². The van der Waals surface area contributed by atoms with Gasteiger partial charge in [0, 0.05) is 17.2 Å². The van der Waals surface area contributed by atoms with Gasteiger partial charge in [-0.25, -0.2) is 4.98 Å². The van der Waals surface area contributed by atoms with Crippen LogP contribution in [-0.2, 0) is 4.79 Å². The van der Waals surface area contributed by atoms with Crippen molar-refractivity contribution in [1.29, 1.82) is 0 Å². The first-order valence-electron chi connectivity index (χ1n) is 5.65. The summed E-state index contributed by atoms with van der Waals surface area (Å²) in [6.45, 7) is 6.64. The number of carbonyl (C=O) groups excluding carboxylic acids is 1. The monoisotopic (exact) mass is 299 g/mol. The standard InChI is InChI=1S/C12H18BrN3O/c1-8(2)6-15-12(17)9(3)16-11-5-4-10(13)7-14-11/h4-5,7-9H,6H2,1-3H3,(H,14,16)(H,15,17). The first kappa shape index (κ1) is 14.0. The maximum absolute atomic E-state index is 11.7. The average Bonchev–Trinajstić information content (AvgIpc) is 2.28. The minimum Gasteiger partial charge on any atom is -0.359 e. The Morgan fingerprint density at radius 2 is 2.12 bits per heavy atom. The zero-order chi connectivity index (χ0) is 12.8. The van der Waals surface area contributed by atoms with Gasteiger partial charge in [0.05, 0.1) is 0 Å². The second kappa shape index (κ2) is 6.59. The minimum atomic E-state index is -0.289. The van der Waals surface area contributed by atoms with E-state index in [9.17, 15) is 4.79 Å². The first-order valence-corrected chi connectivity index (χ1v) is 6.44. The molecule has 0 aliphatic carbocycles. The fourth-order valence-corrected chi connectivity index (χ4v) is 1.44. The van der Waals surface area contributed by atoms with Crippen molar-refractivity contribution in [3.8, 4) is 0 Å². The summed E-state index contributed by atoms with van der Waals surface area (Å²) in [5, 5.41) is 5.92. The van der Waals surface area contributed by atoms with Gasteiger partial charge in [0.25, 0.3) is 0 Å². The number of hydrogen-bond acceptors (Lipinski definition) is 3. The first-order chi connectivity index (χ1) is 7.99. The summed E-state index contributed by atoms with van der Waals surface area (Å²) in [5.74, 6) is 1.14. The molecule has 0 aliphatic heterocycles. The Balaban J connectivity index is 2.45. The van der Waals surface area contributed by atoms with Crippen LogP contribution in [0.2, 0.25) is 0 Å². The Morgan fingerprint density at radius 3 is 2.65 bits per heavy atom. The Kier molecular flexibility index (Phi) is 5.41. The molecule has 1 unspecified atom stereocenters. The van der Waals surface area contributed by atoms with E-state index in [1.54, 1.807) is 6.20 Å². The molecule has 1 atom stereocenters. The molecule has 0 aliphatic rings. The molecule has 1 rings (SSSR count). The van der Waals surface area contributed by atoms with Crippen LogP contribution >= 0.6 is 15.9 Å². The van der Waals surface area contributed by atoms with E-state index in [0.717, 1.165) is 4.47 Å². The molecule has 0 saturated carbocycles. The van der Waals surface area contributed by atoms with E-state index in [2.05, 4.69) is 45.4 Å². The van der Waals surface area contributed by atoms with Gasteiger partial charge < -0.3 is 10.6 Å². The highest BCUT2D eigenvalue weighted by Crippen LogP contribution is 2.11. The van der Waals surface area contributed by atoms with Crippen molar-refractivity contribution in [1.82, 2.24) is 10.3 Å². The maximum atomic E-state index is 11.7. The quantitative estimate of drug-likeness (QED) is 0.878. The number of nitrogens with zero attached hydrogens (tertiary/aromatic N) is 1. The number of anilines is 1. The van der Waals surface area contributed by atoms with Gasteiger partial charge in [-0.1, -0.05) is 13.8 Å². The second-order valence-electron chi connectivity index (χ2n) is 4.37. The van der Waals surface area contributed by atoms with E-state index >= 15 is 0 Å². The van der Waals surface area contributed by atoms with Gasteiger partial charge in [-0.3, -0.25) is 4.79 Å². The zero-order valence-electron chi connectivity index (χ0n) is 10.3. The molecule has 1 amide bonds. The SMILES string of the molecule is CC(C)CNC(=O)C(C)Nc1ccc(Br)cn1. The summed E-state index contributed by atoms with van der Waals surface area (Å²) >= 11 is 3.31. The summed E-state index contributed by atoms with van der Waals surface area (Å²) in [4.78, 5) is 15.9. The number of pyridine rings is 1. The van der Waals surface area contributed by atoms with Crippen LogP contribution in [0.5, 0.6) is 0 Å². The third-order valence-electron chi connectivity index (χ3n) is 2.17. The van der Waals surface area contributed by atoms with Gasteiger partial charge in [-0.2, -0.15) is 0 Å². The Bertz CT molecular complexity index is 365. The van der Waals surface area contributed by atoms with Crippen LogP contribution < -0.4 is 10.6 Å². The van der Waals surface area contributed by atoms with Crippen LogP contribution in [0, 0.1) is 5.92 Å². The molecule has 1 aromatic heterocycles. The highest BCUT2D eigenvalue weighted by molar-refractivity contribution is 9.10. The Hall–Kier alpha value is -1.10. The van der Waals surface area contributed by atoms with Crippen LogP contribution in [0.1, 0.15) is 20.8 Å². The maximum Gasteiger partial charge on any atom is 0.242 e. The van der Waals surface area contributed by atoms with Gasteiger partial charge in [-0.15, -0.1) is 0 Å². The fraction of sp³-hybridized carbons (Fsp3) is 0.500. The van der Waals surface area contributed by atoms with Crippen LogP contribution in [0.4, 0.5) is 5.82 Å². The lowest BCUT2D eigenvalue weighted by atomic mass is 10.2. The lowest BCUT2D eigenvalue weighted by Crippen LogP contribution is -2.39. The molecular weight excluding hydrogens is 282 g/mol. The number of nitrogens with one attached hydrogen (secondary N) is 2. The topological polar surface area (TPSA) is 54.0 Å². The molecule has 0 radical (unpaired) electrons. The molecule has 94 valence electrons. The third kappa shape index (κ3) is 5.17. The molecule has 0 spiro atoms. The van der Waals surface area contributed by atoms with Crippen LogP contribution in [0.3, 0.4) is 0 Å². The van der Waals surface area contributed by atoms with Crippen LogP contribution in [-0.4, -0.2) is 23.5 Å². The number of aromatic nitrogens is 1. The third-order valence-corrected chi connectivity index (χ3v) is 2.64. The molecule has 0 saturated heterocycles. The average molecular weight is 300 g/mol. The molecule has 4 nitrogen and oxygen atoms in total. The number of rotatable bonds is 5. The lowest BCUT2D eigenvalue weighted by molar-refractivity contribution is -0.121. The molecule has 5 heteroatoms. The summed E-state index contributed by atoms with van der Waals surface area (Å²) in [6, 6.07) is 3.42. The second-order valence-corrected chi connectivity index (χ2v) is 5.28. The fourth-order valence-electron chi connectivity index (χ4n) is 1.21. The summed E-state index contributed by atoms with van der Waals surface area (Å²) in [5.41, 5.74) is 0. The van der Waals surface area contributed by atoms with Gasteiger partial charge in [0.2, 0.25) is 5.91 Å². The van der Waals surface area contributed by atoms with E-state index < -0.39 is 0 Å². The molecule has 0 fully saturated rings. The molecule has 2 N–H and O–H groups in total. The smallest absolute Gasteiger partial charge is 0.242 e. The number of hydrogen-bond donors (Lipinski definition) is 2. The van der Waals surface area contributed by atoms with Crippen LogP contribution in [0.15, 0.2) is 22.8 Å². The molecule has 1 aromatic rings. The largest absolute Gasteiger partial charge is 0.359 e. The number of carbonyl (C=O) groups is 1. The zero-order valence-corrected chi connectivity index (χ0v) is 11.9. The van der Waals surface area contributed by atoms with E-state index in [4.69, 9.17) is 0 Å². The normalized spacial score (nSPS) is 12.3. The van der Waals surface area contributed by atoms with E-state index in [1.165, 1.54) is 0 Å². The molecule has 1 heterocycles. The number of halogens is 1. The summed E-state index contributed by atoms with van der Waals surface area (Å²) < 4.78 is 0.917. The minimum absolute atomic E-state index is 0.0107. The molecule has 0 bridgehead atoms. The Labute approximate surface area is 110 Å². The van der Waals surface area contributed by atoms with E-state index in [0.29, 0.717) is 18.3 Å². The van der Waals surface area contributed by atoms with Crippen molar-refractivity contribution in [3.05, 3.63) is 22.8 Å². The molecule has 0 aromatic carbocycles. The number of amides is 1.